The fourth-order valence-corrected chi connectivity index (χ4v) is 3.08. The summed E-state index contributed by atoms with van der Waals surface area (Å²) in [6.45, 7) is 0. The maximum absolute atomic E-state index is 12.1. The minimum atomic E-state index is 0.183. The van der Waals surface area contributed by atoms with E-state index in [0.717, 1.165) is 0 Å². The van der Waals surface area contributed by atoms with Crippen LogP contribution in [-0.2, 0) is 4.79 Å². The summed E-state index contributed by atoms with van der Waals surface area (Å²) in [7, 11) is 2.13. The molecule has 0 spiro atoms. The van der Waals surface area contributed by atoms with Gasteiger partial charge >= 0.3 is 0 Å². The van der Waals surface area contributed by atoms with Crippen LogP contribution in [-0.4, -0.2) is 17.7 Å². The monoisotopic (exact) mass is 265 g/mol. The van der Waals surface area contributed by atoms with E-state index in [-0.39, 0.29) is 12.1 Å². The maximum Gasteiger partial charge on any atom is 0.136 e. The predicted molar refractivity (Wildman–Crippen MR) is 80.4 cm³/mol. The molecule has 20 heavy (non-hydrogen) atoms. The lowest BCUT2D eigenvalue weighted by Gasteiger charge is -2.39. The molecule has 0 aliphatic carbocycles. The molecule has 1 aliphatic rings. The summed E-state index contributed by atoms with van der Waals surface area (Å²) in [6.07, 6.45) is 1.23. The van der Waals surface area contributed by atoms with Gasteiger partial charge in [-0.2, -0.15) is 0 Å². The van der Waals surface area contributed by atoms with E-state index in [1.54, 1.807) is 0 Å². The Kier molecular flexibility index (Phi) is 3.66. The molecule has 2 nitrogen and oxygen atoms in total. The van der Waals surface area contributed by atoms with Gasteiger partial charge in [-0.3, -0.25) is 9.69 Å². The van der Waals surface area contributed by atoms with E-state index in [9.17, 15) is 4.79 Å². The third-order valence-corrected chi connectivity index (χ3v) is 4.19. The third kappa shape index (κ3) is 2.52. The summed E-state index contributed by atoms with van der Waals surface area (Å²) < 4.78 is 0. The Balaban J connectivity index is 1.92. The molecule has 1 saturated heterocycles. The van der Waals surface area contributed by atoms with E-state index in [0.29, 0.717) is 18.6 Å². The average Bonchev–Trinajstić information content (AvgIpc) is 2.51. The van der Waals surface area contributed by atoms with Gasteiger partial charge in [0.2, 0.25) is 0 Å². The molecule has 0 unspecified atom stereocenters. The van der Waals surface area contributed by atoms with Crippen molar-refractivity contribution in [2.45, 2.75) is 24.9 Å². The molecular weight excluding hydrogens is 246 g/mol. The lowest BCUT2D eigenvalue weighted by Crippen LogP contribution is -2.37. The summed E-state index contributed by atoms with van der Waals surface area (Å²) >= 11 is 0. The van der Waals surface area contributed by atoms with Crippen molar-refractivity contribution in [1.82, 2.24) is 4.90 Å². The van der Waals surface area contributed by atoms with Crippen LogP contribution in [0.15, 0.2) is 60.7 Å². The second-order valence-electron chi connectivity index (χ2n) is 5.47. The Morgan fingerprint density at radius 2 is 1.20 bits per heavy atom. The number of Topliss-reactive ketones (excluding diaryl/α,β-unsaturated/α-hetero) is 1. The largest absolute Gasteiger partial charge is 0.300 e. The topological polar surface area (TPSA) is 20.3 Å². The summed E-state index contributed by atoms with van der Waals surface area (Å²) in [4.78, 5) is 14.5. The van der Waals surface area contributed by atoms with E-state index in [1.807, 2.05) is 36.4 Å². The number of nitrogens with zero attached hydrogens (tertiary/aromatic N) is 1. The first-order valence-corrected chi connectivity index (χ1v) is 7.09. The van der Waals surface area contributed by atoms with Crippen molar-refractivity contribution >= 4 is 5.78 Å². The molecule has 0 bridgehead atoms. The molecule has 2 atom stereocenters. The molecule has 1 heterocycles. The van der Waals surface area contributed by atoms with Gasteiger partial charge in [0.25, 0.3) is 0 Å². The highest BCUT2D eigenvalue weighted by Crippen LogP contribution is 2.38. The minimum Gasteiger partial charge on any atom is -0.300 e. The van der Waals surface area contributed by atoms with Gasteiger partial charge in [-0.05, 0) is 18.2 Å². The van der Waals surface area contributed by atoms with Gasteiger partial charge in [-0.1, -0.05) is 60.7 Å². The molecule has 3 rings (SSSR count). The average molecular weight is 265 g/mol. The molecule has 2 aromatic carbocycles. The molecule has 102 valence electrons. The smallest absolute Gasteiger partial charge is 0.136 e. The van der Waals surface area contributed by atoms with E-state index >= 15 is 0 Å². The summed E-state index contributed by atoms with van der Waals surface area (Å²) in [5.41, 5.74) is 2.45. The van der Waals surface area contributed by atoms with E-state index in [1.165, 1.54) is 11.1 Å². The number of hydrogen-bond donors (Lipinski definition) is 0. The zero-order chi connectivity index (χ0) is 13.9. The first-order valence-electron chi connectivity index (χ1n) is 7.09. The Morgan fingerprint density at radius 1 is 0.800 bits per heavy atom. The fourth-order valence-electron chi connectivity index (χ4n) is 3.08. The van der Waals surface area contributed by atoms with Gasteiger partial charge in [0.15, 0.2) is 0 Å². The number of carbonyl (C=O) groups is 1. The van der Waals surface area contributed by atoms with Crippen LogP contribution >= 0.6 is 0 Å². The summed E-state index contributed by atoms with van der Waals surface area (Å²) in [6, 6.07) is 21.0. The predicted octanol–water partition coefficient (Wildman–Crippen LogP) is 3.76. The molecule has 1 fully saturated rings. The standard InChI is InChI=1S/C18H19NO/c1-19-17(14-8-4-2-5-9-14)12-16(20)13-18(19)15-10-6-3-7-11-15/h2-11,17-18H,12-13H2,1H3/t17-,18+. The van der Waals surface area contributed by atoms with Gasteiger partial charge in [0.05, 0.1) is 0 Å². The second kappa shape index (κ2) is 5.59. The van der Waals surface area contributed by atoms with Gasteiger partial charge in [0.1, 0.15) is 5.78 Å². The molecule has 0 radical (unpaired) electrons. The number of ketones is 1. The molecule has 2 heteroatoms. The van der Waals surface area contributed by atoms with Gasteiger partial charge < -0.3 is 0 Å². The first kappa shape index (κ1) is 13.1. The van der Waals surface area contributed by atoms with Crippen LogP contribution in [0.5, 0.6) is 0 Å². The van der Waals surface area contributed by atoms with Crippen molar-refractivity contribution in [3.8, 4) is 0 Å². The number of rotatable bonds is 2. The van der Waals surface area contributed by atoms with Gasteiger partial charge in [0, 0.05) is 24.9 Å². The first-order chi connectivity index (χ1) is 9.75. The van der Waals surface area contributed by atoms with Crippen molar-refractivity contribution in [2.75, 3.05) is 7.05 Å². The van der Waals surface area contributed by atoms with Crippen molar-refractivity contribution in [3.63, 3.8) is 0 Å². The van der Waals surface area contributed by atoms with Crippen molar-refractivity contribution < 1.29 is 4.79 Å². The molecular formula is C18H19NO. The van der Waals surface area contributed by atoms with E-state index in [2.05, 4.69) is 36.2 Å². The number of piperidine rings is 1. The highest BCUT2D eigenvalue weighted by atomic mass is 16.1. The Hall–Kier alpha value is -1.93. The minimum absolute atomic E-state index is 0.183. The Morgan fingerprint density at radius 3 is 1.60 bits per heavy atom. The molecule has 0 saturated carbocycles. The van der Waals surface area contributed by atoms with Crippen LogP contribution in [0.4, 0.5) is 0 Å². The SMILES string of the molecule is CN1[C@@H](c2ccccc2)CC(=O)C[C@H]1c1ccccc1. The number of likely N-dealkylation sites (tertiary alicyclic amines) is 1. The lowest BCUT2D eigenvalue weighted by molar-refractivity contribution is -0.125. The quantitative estimate of drug-likeness (QED) is 0.824. The van der Waals surface area contributed by atoms with Crippen LogP contribution in [0.3, 0.4) is 0 Å². The second-order valence-corrected chi connectivity index (χ2v) is 5.47. The van der Waals surface area contributed by atoms with Gasteiger partial charge in [-0.25, -0.2) is 0 Å². The third-order valence-electron chi connectivity index (χ3n) is 4.19. The number of hydrogen-bond acceptors (Lipinski definition) is 2. The van der Waals surface area contributed by atoms with Crippen LogP contribution < -0.4 is 0 Å². The lowest BCUT2D eigenvalue weighted by atomic mass is 9.87. The van der Waals surface area contributed by atoms with Crippen molar-refractivity contribution in [2.24, 2.45) is 0 Å². The highest BCUT2D eigenvalue weighted by Gasteiger charge is 2.33. The van der Waals surface area contributed by atoms with E-state index in [4.69, 9.17) is 0 Å². The van der Waals surface area contributed by atoms with Gasteiger partial charge in [-0.15, -0.1) is 0 Å². The zero-order valence-electron chi connectivity index (χ0n) is 11.7. The van der Waals surface area contributed by atoms with Crippen LogP contribution in [0.25, 0.3) is 0 Å². The number of carbonyl (C=O) groups excluding carboxylic acids is 1. The molecule has 2 aromatic rings. The Bertz CT molecular complexity index is 527. The fraction of sp³-hybridized carbons (Fsp3) is 0.278. The van der Waals surface area contributed by atoms with E-state index < -0.39 is 0 Å². The summed E-state index contributed by atoms with van der Waals surface area (Å²) in [5.74, 6) is 0.353. The van der Waals surface area contributed by atoms with Crippen LogP contribution in [0.1, 0.15) is 36.1 Å². The summed E-state index contributed by atoms with van der Waals surface area (Å²) in [5, 5.41) is 0. The van der Waals surface area contributed by atoms with Crippen molar-refractivity contribution in [1.29, 1.82) is 0 Å². The molecule has 0 aromatic heterocycles. The number of benzene rings is 2. The molecule has 0 N–H and O–H groups in total. The van der Waals surface area contributed by atoms with Crippen LogP contribution in [0, 0.1) is 0 Å². The van der Waals surface area contributed by atoms with Crippen molar-refractivity contribution in [3.05, 3.63) is 71.8 Å². The highest BCUT2D eigenvalue weighted by molar-refractivity contribution is 5.81. The molecule has 0 amide bonds. The maximum atomic E-state index is 12.1. The molecule has 1 aliphatic heterocycles. The normalized spacial score (nSPS) is 23.8. The van der Waals surface area contributed by atoms with Crippen LogP contribution in [0.2, 0.25) is 0 Å². The Labute approximate surface area is 120 Å². The zero-order valence-corrected chi connectivity index (χ0v) is 11.7.